The van der Waals surface area contributed by atoms with Crippen molar-refractivity contribution in [3.05, 3.63) is 23.8 Å². The van der Waals surface area contributed by atoms with E-state index in [-0.39, 0.29) is 0 Å². The zero-order valence-electron chi connectivity index (χ0n) is 7.90. The van der Waals surface area contributed by atoms with Gasteiger partial charge < -0.3 is 4.40 Å². The molecule has 0 radical (unpaired) electrons. The topological polar surface area (TPSA) is 30.2 Å². The molecule has 68 valence electrons. The van der Waals surface area contributed by atoms with Crippen LogP contribution in [0.4, 0.5) is 0 Å². The second-order valence-corrected chi connectivity index (χ2v) is 3.78. The Hall–Kier alpha value is -1.03. The van der Waals surface area contributed by atoms with Gasteiger partial charge in [-0.15, -0.1) is 11.8 Å². The SMILES string of the molecule is CSc1nc(C)cn2c(C)cnc12. The molecule has 0 atom stereocenters. The van der Waals surface area contributed by atoms with E-state index in [1.807, 2.05) is 32.5 Å². The van der Waals surface area contributed by atoms with E-state index < -0.39 is 0 Å². The van der Waals surface area contributed by atoms with Gasteiger partial charge in [-0.2, -0.15) is 0 Å². The minimum Gasteiger partial charge on any atom is -0.300 e. The zero-order chi connectivity index (χ0) is 9.42. The van der Waals surface area contributed by atoms with Crippen LogP contribution in [-0.4, -0.2) is 20.6 Å². The molecule has 2 aromatic rings. The van der Waals surface area contributed by atoms with Crippen LogP contribution >= 0.6 is 11.8 Å². The van der Waals surface area contributed by atoms with Gasteiger partial charge in [-0.05, 0) is 20.1 Å². The van der Waals surface area contributed by atoms with E-state index in [1.54, 1.807) is 11.8 Å². The zero-order valence-corrected chi connectivity index (χ0v) is 8.72. The maximum atomic E-state index is 4.41. The lowest BCUT2D eigenvalue weighted by atomic mass is 10.5. The molecular weight excluding hydrogens is 182 g/mol. The highest BCUT2D eigenvalue weighted by Gasteiger charge is 2.06. The van der Waals surface area contributed by atoms with Gasteiger partial charge in [0.05, 0.1) is 5.69 Å². The molecule has 0 aliphatic rings. The number of fused-ring (bicyclic) bond motifs is 1. The van der Waals surface area contributed by atoms with Crippen molar-refractivity contribution in [3.63, 3.8) is 0 Å². The monoisotopic (exact) mass is 193 g/mol. The molecule has 3 nitrogen and oxygen atoms in total. The number of nitrogens with zero attached hydrogens (tertiary/aromatic N) is 3. The molecule has 2 heterocycles. The van der Waals surface area contributed by atoms with Crippen molar-refractivity contribution in [2.45, 2.75) is 18.9 Å². The third kappa shape index (κ3) is 1.31. The molecule has 0 spiro atoms. The van der Waals surface area contributed by atoms with Gasteiger partial charge in [0.1, 0.15) is 5.03 Å². The molecule has 0 aromatic carbocycles. The Labute approximate surface area is 81.2 Å². The van der Waals surface area contributed by atoms with Crippen LogP contribution < -0.4 is 0 Å². The fraction of sp³-hybridized carbons (Fsp3) is 0.333. The largest absolute Gasteiger partial charge is 0.300 e. The van der Waals surface area contributed by atoms with Crippen molar-refractivity contribution in [1.29, 1.82) is 0 Å². The van der Waals surface area contributed by atoms with Crippen LogP contribution in [0.5, 0.6) is 0 Å². The van der Waals surface area contributed by atoms with Gasteiger partial charge in [-0.1, -0.05) is 0 Å². The van der Waals surface area contributed by atoms with E-state index in [0.29, 0.717) is 0 Å². The Bertz CT molecular complexity index is 447. The molecule has 2 aromatic heterocycles. The minimum absolute atomic E-state index is 0.954. The standard InChI is InChI=1S/C9H11N3S/c1-6-5-12-7(2)4-10-8(12)9(11-6)13-3/h4-5H,1-3H3. The van der Waals surface area contributed by atoms with E-state index in [1.165, 1.54) is 0 Å². The molecule has 0 bridgehead atoms. The van der Waals surface area contributed by atoms with E-state index in [4.69, 9.17) is 0 Å². The Balaban J connectivity index is 2.84. The number of aromatic nitrogens is 3. The Morgan fingerprint density at radius 3 is 2.85 bits per heavy atom. The molecule has 0 fully saturated rings. The van der Waals surface area contributed by atoms with E-state index in [9.17, 15) is 0 Å². The van der Waals surface area contributed by atoms with Gasteiger partial charge in [0.2, 0.25) is 0 Å². The fourth-order valence-electron chi connectivity index (χ4n) is 1.33. The van der Waals surface area contributed by atoms with E-state index in [0.717, 1.165) is 22.1 Å². The lowest BCUT2D eigenvalue weighted by Gasteiger charge is -2.02. The first-order valence-electron chi connectivity index (χ1n) is 4.07. The van der Waals surface area contributed by atoms with E-state index >= 15 is 0 Å². The molecule has 13 heavy (non-hydrogen) atoms. The summed E-state index contributed by atoms with van der Waals surface area (Å²) in [6.07, 6.45) is 5.90. The quantitative estimate of drug-likeness (QED) is 0.649. The van der Waals surface area contributed by atoms with Crippen LogP contribution in [0.25, 0.3) is 5.65 Å². The second kappa shape index (κ2) is 3.03. The minimum atomic E-state index is 0.954. The van der Waals surface area contributed by atoms with E-state index in [2.05, 4.69) is 14.4 Å². The highest BCUT2D eigenvalue weighted by Crippen LogP contribution is 2.19. The summed E-state index contributed by atoms with van der Waals surface area (Å²) < 4.78 is 2.08. The summed E-state index contributed by atoms with van der Waals surface area (Å²) in [5.41, 5.74) is 3.13. The number of rotatable bonds is 1. The smallest absolute Gasteiger partial charge is 0.169 e. The predicted octanol–water partition coefficient (Wildman–Crippen LogP) is 2.07. The molecule has 0 aliphatic heterocycles. The first-order valence-corrected chi connectivity index (χ1v) is 5.30. The summed E-state index contributed by atoms with van der Waals surface area (Å²) in [6.45, 7) is 4.04. The van der Waals surface area contributed by atoms with Crippen molar-refractivity contribution in [3.8, 4) is 0 Å². The van der Waals surface area contributed by atoms with Gasteiger partial charge in [0.15, 0.2) is 5.65 Å². The number of aryl methyl sites for hydroxylation is 2. The third-order valence-electron chi connectivity index (χ3n) is 1.96. The first kappa shape index (κ1) is 8.56. The Kier molecular flexibility index (Phi) is 2.00. The predicted molar refractivity (Wildman–Crippen MR) is 54.2 cm³/mol. The van der Waals surface area contributed by atoms with Crippen LogP contribution in [0.15, 0.2) is 17.4 Å². The van der Waals surface area contributed by atoms with Crippen LogP contribution in [0.3, 0.4) is 0 Å². The summed E-state index contributed by atoms with van der Waals surface area (Å²) in [5.74, 6) is 0. The van der Waals surface area contributed by atoms with Crippen LogP contribution in [0.1, 0.15) is 11.4 Å². The maximum absolute atomic E-state index is 4.41. The van der Waals surface area contributed by atoms with Gasteiger partial charge in [0.25, 0.3) is 0 Å². The van der Waals surface area contributed by atoms with Gasteiger partial charge in [0, 0.05) is 18.1 Å². The highest BCUT2D eigenvalue weighted by molar-refractivity contribution is 7.98. The van der Waals surface area contributed by atoms with Crippen molar-refractivity contribution < 1.29 is 0 Å². The molecule has 0 N–H and O–H groups in total. The van der Waals surface area contributed by atoms with Crippen molar-refractivity contribution in [2.75, 3.05) is 6.26 Å². The lowest BCUT2D eigenvalue weighted by molar-refractivity contribution is 0.967. The molecule has 4 heteroatoms. The molecule has 2 rings (SSSR count). The van der Waals surface area contributed by atoms with Gasteiger partial charge in [-0.25, -0.2) is 9.97 Å². The molecule has 0 aliphatic carbocycles. The summed E-state index contributed by atoms with van der Waals surface area (Å²) in [7, 11) is 0. The number of hydrogen-bond acceptors (Lipinski definition) is 3. The number of imidazole rings is 1. The number of thioether (sulfide) groups is 1. The molecule has 0 amide bonds. The summed E-state index contributed by atoms with van der Waals surface area (Å²) in [5, 5.41) is 0.994. The fourth-order valence-corrected chi connectivity index (χ4v) is 1.90. The van der Waals surface area contributed by atoms with Crippen LogP contribution in [0, 0.1) is 13.8 Å². The Morgan fingerprint density at radius 2 is 2.15 bits per heavy atom. The van der Waals surface area contributed by atoms with Crippen molar-refractivity contribution >= 4 is 17.4 Å². The van der Waals surface area contributed by atoms with Crippen molar-refractivity contribution in [1.82, 2.24) is 14.4 Å². The van der Waals surface area contributed by atoms with Crippen molar-refractivity contribution in [2.24, 2.45) is 0 Å². The summed E-state index contributed by atoms with van der Waals surface area (Å²) in [6, 6.07) is 0. The summed E-state index contributed by atoms with van der Waals surface area (Å²) in [4.78, 5) is 8.72. The average molecular weight is 193 g/mol. The summed E-state index contributed by atoms with van der Waals surface area (Å²) >= 11 is 1.63. The average Bonchev–Trinajstić information content (AvgIpc) is 2.47. The van der Waals surface area contributed by atoms with Gasteiger partial charge >= 0.3 is 0 Å². The highest BCUT2D eigenvalue weighted by atomic mass is 32.2. The van der Waals surface area contributed by atoms with Crippen LogP contribution in [-0.2, 0) is 0 Å². The molecule has 0 saturated carbocycles. The lowest BCUT2D eigenvalue weighted by Crippen LogP contribution is -1.94. The molecular formula is C9H11N3S. The third-order valence-corrected chi connectivity index (χ3v) is 2.62. The molecule has 0 saturated heterocycles. The first-order chi connectivity index (χ1) is 6.22. The normalized spacial score (nSPS) is 11.0. The Morgan fingerprint density at radius 1 is 1.38 bits per heavy atom. The second-order valence-electron chi connectivity index (χ2n) is 2.98. The number of hydrogen-bond donors (Lipinski definition) is 0. The van der Waals surface area contributed by atoms with Gasteiger partial charge in [-0.3, -0.25) is 0 Å². The maximum Gasteiger partial charge on any atom is 0.169 e. The molecule has 0 unspecified atom stereocenters. The van der Waals surface area contributed by atoms with Crippen LogP contribution in [0.2, 0.25) is 0 Å².